The van der Waals surface area contributed by atoms with Crippen molar-refractivity contribution in [1.29, 1.82) is 0 Å². The van der Waals surface area contributed by atoms with E-state index in [0.29, 0.717) is 0 Å². The van der Waals surface area contributed by atoms with Gasteiger partial charge in [-0.25, -0.2) is 0 Å². The molecule has 0 saturated heterocycles. The first-order valence-electron chi connectivity index (χ1n) is 7.78. The maximum Gasteiger partial charge on any atom is 0.0471 e. The van der Waals surface area contributed by atoms with Gasteiger partial charge in [0.15, 0.2) is 0 Å². The summed E-state index contributed by atoms with van der Waals surface area (Å²) in [6.07, 6.45) is 4.25. The number of hydrogen-bond acceptors (Lipinski definition) is 2. The molecule has 0 aromatic heterocycles. The second-order valence-corrected chi connectivity index (χ2v) is 6.51. The van der Waals surface area contributed by atoms with Gasteiger partial charge >= 0.3 is 0 Å². The first kappa shape index (κ1) is 17.2. The van der Waals surface area contributed by atoms with E-state index < -0.39 is 0 Å². The van der Waals surface area contributed by atoms with Crippen LogP contribution in [-0.2, 0) is 12.8 Å². The summed E-state index contributed by atoms with van der Waals surface area (Å²) in [6.45, 7) is 0.477. The van der Waals surface area contributed by atoms with Crippen molar-refractivity contribution in [3.8, 4) is 0 Å². The Bertz CT molecular complexity index is 545. The van der Waals surface area contributed by atoms with Crippen LogP contribution in [0.4, 0.5) is 0 Å². The lowest BCUT2D eigenvalue weighted by Gasteiger charge is -2.00. The van der Waals surface area contributed by atoms with Gasteiger partial charge in [-0.05, 0) is 60.4 Å². The number of benzene rings is 2. The van der Waals surface area contributed by atoms with Crippen LogP contribution < -0.4 is 0 Å². The lowest BCUT2D eigenvalue weighted by atomic mass is 10.1. The predicted octanol–water partition coefficient (Wildman–Crippen LogP) is 4.08. The lowest BCUT2D eigenvalue weighted by molar-refractivity contribution is 0.299. The predicted molar refractivity (Wildman–Crippen MR) is 94.1 cm³/mol. The molecular weight excluding hydrogens is 340 g/mol. The number of halogens is 1. The Hall–Kier alpha value is -1.16. The van der Waals surface area contributed by atoms with Gasteiger partial charge in [-0.1, -0.05) is 52.3 Å². The summed E-state index contributed by atoms with van der Waals surface area (Å²) in [5.74, 6) is 0.841. The number of aliphatic hydroxyl groups is 2. The third kappa shape index (κ3) is 5.91. The minimum absolute atomic E-state index is 0.224. The Balaban J connectivity index is 0.000000164. The van der Waals surface area contributed by atoms with E-state index in [4.69, 9.17) is 10.2 Å². The molecular formula is C19H23BrO2. The highest BCUT2D eigenvalue weighted by Gasteiger charge is 2.22. The van der Waals surface area contributed by atoms with Crippen molar-refractivity contribution < 1.29 is 10.2 Å². The van der Waals surface area contributed by atoms with E-state index >= 15 is 0 Å². The smallest absolute Gasteiger partial charge is 0.0471 e. The number of rotatable bonds is 5. The molecule has 0 bridgehead atoms. The number of aliphatic hydroxyl groups excluding tert-OH is 2. The van der Waals surface area contributed by atoms with Crippen molar-refractivity contribution in [1.82, 2.24) is 0 Å². The van der Waals surface area contributed by atoms with Gasteiger partial charge in [-0.2, -0.15) is 0 Å². The van der Waals surface area contributed by atoms with Crippen LogP contribution >= 0.6 is 15.9 Å². The summed E-state index contributed by atoms with van der Waals surface area (Å²) in [7, 11) is 0. The van der Waals surface area contributed by atoms with E-state index in [1.807, 2.05) is 24.3 Å². The van der Waals surface area contributed by atoms with Crippen molar-refractivity contribution in [3.63, 3.8) is 0 Å². The molecule has 1 fully saturated rings. The SMILES string of the molecule is OCCc1ccc(Br)cc1.OCCc1ccc(C2CC2)cc1. The first-order chi connectivity index (χ1) is 10.7. The maximum atomic E-state index is 8.71. The van der Waals surface area contributed by atoms with E-state index in [1.165, 1.54) is 29.5 Å². The van der Waals surface area contributed by atoms with Crippen molar-refractivity contribution in [2.75, 3.05) is 13.2 Å². The monoisotopic (exact) mass is 362 g/mol. The second-order valence-electron chi connectivity index (χ2n) is 5.59. The van der Waals surface area contributed by atoms with Crippen LogP contribution in [0, 0.1) is 0 Å². The summed E-state index contributed by atoms with van der Waals surface area (Å²) in [5.41, 5.74) is 3.88. The van der Waals surface area contributed by atoms with Gasteiger partial charge in [0.2, 0.25) is 0 Å². The molecule has 2 aromatic rings. The molecule has 0 atom stereocenters. The van der Waals surface area contributed by atoms with Crippen LogP contribution in [0.5, 0.6) is 0 Å². The van der Waals surface area contributed by atoms with Gasteiger partial charge in [0.25, 0.3) is 0 Å². The first-order valence-corrected chi connectivity index (χ1v) is 8.57. The summed E-state index contributed by atoms with van der Waals surface area (Å²) in [5, 5.41) is 17.3. The third-order valence-corrected chi connectivity index (χ3v) is 4.27. The Morgan fingerprint density at radius 1 is 0.773 bits per heavy atom. The molecule has 2 nitrogen and oxygen atoms in total. The summed E-state index contributed by atoms with van der Waals surface area (Å²) >= 11 is 3.33. The molecule has 0 spiro atoms. The van der Waals surface area contributed by atoms with Crippen LogP contribution in [0.3, 0.4) is 0 Å². The highest BCUT2D eigenvalue weighted by atomic mass is 79.9. The van der Waals surface area contributed by atoms with Crippen LogP contribution in [0.1, 0.15) is 35.4 Å². The van der Waals surface area contributed by atoms with E-state index in [-0.39, 0.29) is 13.2 Å². The summed E-state index contributed by atoms with van der Waals surface area (Å²) in [6, 6.07) is 16.6. The van der Waals surface area contributed by atoms with Gasteiger partial charge in [0.1, 0.15) is 0 Å². The van der Waals surface area contributed by atoms with E-state index in [1.54, 1.807) is 0 Å². The highest BCUT2D eigenvalue weighted by Crippen LogP contribution is 2.39. The molecule has 3 heteroatoms. The molecule has 0 heterocycles. The van der Waals surface area contributed by atoms with Gasteiger partial charge in [-0.15, -0.1) is 0 Å². The van der Waals surface area contributed by atoms with Gasteiger partial charge in [0, 0.05) is 17.7 Å². The average molecular weight is 363 g/mol. The van der Waals surface area contributed by atoms with E-state index in [9.17, 15) is 0 Å². The lowest BCUT2D eigenvalue weighted by Crippen LogP contribution is -1.90. The fraction of sp³-hybridized carbons (Fsp3) is 0.368. The molecule has 2 aromatic carbocycles. The molecule has 22 heavy (non-hydrogen) atoms. The van der Waals surface area contributed by atoms with Crippen LogP contribution in [0.2, 0.25) is 0 Å². The largest absolute Gasteiger partial charge is 0.396 e. The fourth-order valence-corrected chi connectivity index (χ4v) is 2.55. The van der Waals surface area contributed by atoms with E-state index in [0.717, 1.165) is 23.2 Å². The molecule has 0 amide bonds. The second kappa shape index (κ2) is 9.09. The van der Waals surface area contributed by atoms with Crippen LogP contribution in [0.15, 0.2) is 53.0 Å². The zero-order valence-corrected chi connectivity index (χ0v) is 14.3. The molecule has 1 saturated carbocycles. The Kier molecular flexibility index (Phi) is 7.10. The minimum atomic E-state index is 0.224. The van der Waals surface area contributed by atoms with Gasteiger partial charge < -0.3 is 10.2 Å². The molecule has 3 rings (SSSR count). The molecule has 1 aliphatic rings. The van der Waals surface area contributed by atoms with Crippen molar-refractivity contribution in [3.05, 3.63) is 69.7 Å². The zero-order chi connectivity index (χ0) is 15.8. The van der Waals surface area contributed by atoms with Gasteiger partial charge in [0.05, 0.1) is 0 Å². The molecule has 2 N–H and O–H groups in total. The Morgan fingerprint density at radius 2 is 1.23 bits per heavy atom. The topological polar surface area (TPSA) is 40.5 Å². The summed E-state index contributed by atoms with van der Waals surface area (Å²) in [4.78, 5) is 0. The van der Waals surface area contributed by atoms with Crippen molar-refractivity contribution in [2.45, 2.75) is 31.6 Å². The minimum Gasteiger partial charge on any atom is -0.396 e. The standard InChI is InChI=1S/C11H14O.C8H9BrO/c12-8-7-9-1-3-10(4-2-9)11-5-6-11;9-8-3-1-7(2-4-8)5-6-10/h1-4,11-12H,5-8H2;1-4,10H,5-6H2. The quantitative estimate of drug-likeness (QED) is 0.840. The third-order valence-electron chi connectivity index (χ3n) is 3.74. The molecule has 0 radical (unpaired) electrons. The Labute approximate surface area is 140 Å². The highest BCUT2D eigenvalue weighted by molar-refractivity contribution is 9.10. The fourth-order valence-electron chi connectivity index (χ4n) is 2.28. The van der Waals surface area contributed by atoms with Crippen LogP contribution in [0.25, 0.3) is 0 Å². The number of hydrogen-bond donors (Lipinski definition) is 2. The molecule has 0 unspecified atom stereocenters. The molecule has 1 aliphatic carbocycles. The van der Waals surface area contributed by atoms with Crippen molar-refractivity contribution >= 4 is 15.9 Å². The van der Waals surface area contributed by atoms with Crippen LogP contribution in [-0.4, -0.2) is 23.4 Å². The zero-order valence-electron chi connectivity index (χ0n) is 12.7. The van der Waals surface area contributed by atoms with Gasteiger partial charge in [-0.3, -0.25) is 0 Å². The maximum absolute atomic E-state index is 8.71. The Morgan fingerprint density at radius 3 is 1.64 bits per heavy atom. The van der Waals surface area contributed by atoms with E-state index in [2.05, 4.69) is 40.2 Å². The normalized spacial score (nSPS) is 13.4. The molecule has 0 aliphatic heterocycles. The molecule has 118 valence electrons. The summed E-state index contributed by atoms with van der Waals surface area (Å²) < 4.78 is 1.08. The average Bonchev–Trinajstić information content (AvgIpc) is 3.37. The van der Waals surface area contributed by atoms with Crippen molar-refractivity contribution in [2.24, 2.45) is 0 Å².